The molecule has 2 bridgehead atoms. The van der Waals surface area contributed by atoms with Crippen LogP contribution in [-0.4, -0.2) is 57.7 Å². The number of hydrogen-bond acceptors (Lipinski definition) is 5. The van der Waals surface area contributed by atoms with E-state index in [1.807, 2.05) is 18.5 Å². The second kappa shape index (κ2) is 6.30. The molecule has 132 valence electrons. The molecule has 2 atom stereocenters. The molecular weight excluding hydrogens is 328 g/mol. The summed E-state index contributed by atoms with van der Waals surface area (Å²) in [7, 11) is 0. The number of Topliss-reactive ketones (excluding diaryl/α,β-unsaturated/α-hetero) is 1. The second-order valence-corrected chi connectivity index (χ2v) is 7.21. The van der Waals surface area contributed by atoms with E-state index in [0.717, 1.165) is 47.2 Å². The summed E-state index contributed by atoms with van der Waals surface area (Å²) in [4.78, 5) is 19.2. The molecule has 2 fully saturated rings. The van der Waals surface area contributed by atoms with Crippen LogP contribution in [0, 0.1) is 0 Å². The normalized spacial score (nSPS) is 22.3. The summed E-state index contributed by atoms with van der Waals surface area (Å²) in [5.74, 6) is 0.218. The molecule has 4 heterocycles. The Kier molecular flexibility index (Phi) is 3.80. The van der Waals surface area contributed by atoms with Gasteiger partial charge in [0.15, 0.2) is 5.78 Å². The minimum Gasteiger partial charge on any atom is -0.375 e. The maximum Gasteiger partial charge on any atom is 0.152 e. The number of carbonyl (C=O) groups excluding carboxylic acids is 1. The number of nitrogens with one attached hydrogen (secondary N) is 1. The number of pyridine rings is 1. The van der Waals surface area contributed by atoms with E-state index in [1.54, 1.807) is 6.20 Å². The fourth-order valence-electron chi connectivity index (χ4n) is 4.03. The number of aromatic nitrogens is 3. The average molecular weight is 348 g/mol. The summed E-state index contributed by atoms with van der Waals surface area (Å²) in [6.45, 7) is 2.15. The lowest BCUT2D eigenvalue weighted by molar-refractivity contribution is -0.120. The smallest absolute Gasteiger partial charge is 0.152 e. The van der Waals surface area contributed by atoms with E-state index < -0.39 is 0 Å². The van der Waals surface area contributed by atoms with E-state index in [1.165, 1.54) is 0 Å². The summed E-state index contributed by atoms with van der Waals surface area (Å²) in [6.07, 6.45) is 7.30. The third-order valence-corrected chi connectivity index (χ3v) is 5.38. The summed E-state index contributed by atoms with van der Waals surface area (Å²) < 4.78 is 5.60. The lowest BCUT2D eigenvalue weighted by Gasteiger charge is -2.25. The third kappa shape index (κ3) is 2.91. The summed E-state index contributed by atoms with van der Waals surface area (Å²) >= 11 is 0. The largest absolute Gasteiger partial charge is 0.375 e. The quantitative estimate of drug-likeness (QED) is 0.765. The zero-order valence-corrected chi connectivity index (χ0v) is 14.4. The van der Waals surface area contributed by atoms with Crippen LogP contribution in [0.25, 0.3) is 21.9 Å². The first kappa shape index (κ1) is 15.7. The van der Waals surface area contributed by atoms with Gasteiger partial charge in [-0.15, -0.1) is 0 Å². The molecule has 2 aromatic heterocycles. The molecule has 2 aliphatic rings. The maximum absolute atomic E-state index is 12.5. The summed E-state index contributed by atoms with van der Waals surface area (Å²) in [5.41, 5.74) is 2.97. The summed E-state index contributed by atoms with van der Waals surface area (Å²) in [6, 6.07) is 8.68. The number of aromatic amines is 1. The van der Waals surface area contributed by atoms with Crippen molar-refractivity contribution in [1.29, 1.82) is 0 Å². The van der Waals surface area contributed by atoms with Gasteiger partial charge in [0.2, 0.25) is 0 Å². The third-order valence-electron chi connectivity index (χ3n) is 5.38. The SMILES string of the molecule is O=C(Cc1cc2cc(-c3cn[nH]c3)ccc2cn1)CN1C[C@@H]2C[C@H]1CO2. The van der Waals surface area contributed by atoms with E-state index >= 15 is 0 Å². The standard InChI is InChI=1S/C20H20N4O2/c25-19(10-24-11-20-6-18(24)12-26-20)5-17-4-15-3-13(16-8-22-23-9-16)1-2-14(15)7-21-17/h1-4,7-9,18,20H,5-6,10-12H2,(H,22,23)/t18-,20-/m0/s1. The predicted octanol–water partition coefficient (Wildman–Crippen LogP) is 2.21. The van der Waals surface area contributed by atoms with Gasteiger partial charge in [0, 0.05) is 41.6 Å². The predicted molar refractivity (Wildman–Crippen MR) is 97.8 cm³/mol. The first-order valence-corrected chi connectivity index (χ1v) is 9.00. The van der Waals surface area contributed by atoms with Crippen LogP contribution in [0.4, 0.5) is 0 Å². The molecule has 0 aliphatic carbocycles. The highest BCUT2D eigenvalue weighted by Gasteiger charge is 2.39. The molecule has 0 spiro atoms. The van der Waals surface area contributed by atoms with Crippen molar-refractivity contribution >= 4 is 16.6 Å². The number of nitrogens with zero attached hydrogens (tertiary/aromatic N) is 3. The van der Waals surface area contributed by atoms with Crippen LogP contribution in [-0.2, 0) is 16.0 Å². The molecule has 2 aliphatic heterocycles. The molecule has 1 aromatic carbocycles. The number of benzene rings is 1. The molecule has 2 saturated heterocycles. The van der Waals surface area contributed by atoms with Crippen molar-refractivity contribution in [2.24, 2.45) is 0 Å². The van der Waals surface area contributed by atoms with Gasteiger partial charge in [0.05, 0.1) is 31.9 Å². The summed E-state index contributed by atoms with van der Waals surface area (Å²) in [5, 5.41) is 9.01. The van der Waals surface area contributed by atoms with Crippen LogP contribution in [0.5, 0.6) is 0 Å². The topological polar surface area (TPSA) is 71.1 Å². The van der Waals surface area contributed by atoms with Crippen LogP contribution in [0.3, 0.4) is 0 Å². The Labute approximate surface area is 151 Å². The molecule has 1 N–H and O–H groups in total. The van der Waals surface area contributed by atoms with Gasteiger partial charge in [-0.2, -0.15) is 5.10 Å². The van der Waals surface area contributed by atoms with Gasteiger partial charge < -0.3 is 4.74 Å². The number of hydrogen-bond donors (Lipinski definition) is 1. The molecule has 26 heavy (non-hydrogen) atoms. The van der Waals surface area contributed by atoms with Gasteiger partial charge in [0.1, 0.15) is 0 Å². The number of fused-ring (bicyclic) bond motifs is 3. The number of carbonyl (C=O) groups is 1. The Morgan fingerprint density at radius 3 is 2.96 bits per heavy atom. The van der Waals surface area contributed by atoms with Crippen molar-refractivity contribution in [3.8, 4) is 11.1 Å². The monoisotopic (exact) mass is 348 g/mol. The van der Waals surface area contributed by atoms with Gasteiger partial charge in [-0.3, -0.25) is 19.8 Å². The van der Waals surface area contributed by atoms with Crippen LogP contribution in [0.1, 0.15) is 12.1 Å². The molecule has 0 unspecified atom stereocenters. The second-order valence-electron chi connectivity index (χ2n) is 7.21. The average Bonchev–Trinajstić information content (AvgIpc) is 3.39. The first-order chi connectivity index (χ1) is 12.7. The molecule has 3 aromatic rings. The molecule has 0 saturated carbocycles. The van der Waals surface area contributed by atoms with E-state index in [4.69, 9.17) is 4.74 Å². The number of ketones is 1. The van der Waals surface area contributed by atoms with E-state index in [2.05, 4.69) is 38.3 Å². The maximum atomic E-state index is 12.5. The highest BCUT2D eigenvalue weighted by Crippen LogP contribution is 2.27. The van der Waals surface area contributed by atoms with Crippen LogP contribution in [0.15, 0.2) is 42.9 Å². The number of H-pyrrole nitrogens is 1. The Bertz CT molecular complexity index is 954. The van der Waals surface area contributed by atoms with Crippen LogP contribution >= 0.6 is 0 Å². The highest BCUT2D eigenvalue weighted by atomic mass is 16.5. The van der Waals surface area contributed by atoms with Gasteiger partial charge in [-0.05, 0) is 29.5 Å². The molecule has 6 heteroatoms. The van der Waals surface area contributed by atoms with Crippen molar-refractivity contribution in [3.05, 3.63) is 48.5 Å². The number of rotatable bonds is 5. The lowest BCUT2D eigenvalue weighted by Crippen LogP contribution is -2.40. The van der Waals surface area contributed by atoms with E-state index in [0.29, 0.717) is 25.1 Å². The van der Waals surface area contributed by atoms with Crippen LogP contribution < -0.4 is 0 Å². The number of ether oxygens (including phenoxy) is 1. The molecule has 5 rings (SSSR count). The van der Waals surface area contributed by atoms with Crippen LogP contribution in [0.2, 0.25) is 0 Å². The van der Waals surface area contributed by atoms with Crippen molar-refractivity contribution in [1.82, 2.24) is 20.1 Å². The minimum absolute atomic E-state index is 0.218. The Morgan fingerprint density at radius 2 is 2.19 bits per heavy atom. The Hall–Kier alpha value is -2.57. The van der Waals surface area contributed by atoms with Gasteiger partial charge in [-0.1, -0.05) is 12.1 Å². The van der Waals surface area contributed by atoms with Gasteiger partial charge >= 0.3 is 0 Å². The van der Waals surface area contributed by atoms with Crippen molar-refractivity contribution < 1.29 is 9.53 Å². The molecule has 0 amide bonds. The van der Waals surface area contributed by atoms with Gasteiger partial charge in [-0.25, -0.2) is 0 Å². The molecule has 6 nitrogen and oxygen atoms in total. The van der Waals surface area contributed by atoms with Crippen molar-refractivity contribution in [2.45, 2.75) is 25.0 Å². The Morgan fingerprint density at radius 1 is 1.23 bits per heavy atom. The van der Waals surface area contributed by atoms with Crippen molar-refractivity contribution in [2.75, 3.05) is 19.7 Å². The fraction of sp³-hybridized carbons (Fsp3) is 0.350. The number of likely N-dealkylation sites (tertiary alicyclic amines) is 1. The van der Waals surface area contributed by atoms with Crippen molar-refractivity contribution in [3.63, 3.8) is 0 Å². The molecule has 0 radical (unpaired) electrons. The zero-order chi connectivity index (χ0) is 17.5. The van der Waals surface area contributed by atoms with E-state index in [-0.39, 0.29) is 5.78 Å². The van der Waals surface area contributed by atoms with Gasteiger partial charge in [0.25, 0.3) is 0 Å². The molecular formula is C20H20N4O2. The lowest BCUT2D eigenvalue weighted by atomic mass is 10.0. The zero-order valence-electron chi connectivity index (χ0n) is 14.4. The Balaban J connectivity index is 1.33. The highest BCUT2D eigenvalue weighted by molar-refractivity contribution is 5.88. The minimum atomic E-state index is 0.218. The number of morpholine rings is 1. The van der Waals surface area contributed by atoms with E-state index in [9.17, 15) is 4.79 Å². The first-order valence-electron chi connectivity index (χ1n) is 9.00. The fourth-order valence-corrected chi connectivity index (χ4v) is 4.03.